The fraction of sp³-hybridized carbons (Fsp3) is 0.350. The number of nitrogens with zero attached hydrogens (tertiary/aromatic N) is 1. The molecule has 0 spiro atoms. The summed E-state index contributed by atoms with van der Waals surface area (Å²) in [5.41, 5.74) is 1.89. The summed E-state index contributed by atoms with van der Waals surface area (Å²) in [5.74, 6) is 1.48. The first-order valence-electron chi connectivity index (χ1n) is 8.59. The maximum Gasteiger partial charge on any atom is 0.164 e. The summed E-state index contributed by atoms with van der Waals surface area (Å²) in [7, 11) is 0. The minimum absolute atomic E-state index is 0.262. The van der Waals surface area contributed by atoms with Crippen LogP contribution in [0.1, 0.15) is 41.6 Å². The van der Waals surface area contributed by atoms with Gasteiger partial charge in [0.05, 0.1) is 11.6 Å². The normalized spacial score (nSPS) is 20.1. The number of ether oxygens (including phenoxy) is 2. The van der Waals surface area contributed by atoms with Gasteiger partial charge in [0.2, 0.25) is 0 Å². The third-order valence-electron chi connectivity index (χ3n) is 4.91. The molecular formula is C20H19FN2O2. The van der Waals surface area contributed by atoms with Crippen molar-refractivity contribution in [1.29, 1.82) is 5.26 Å². The van der Waals surface area contributed by atoms with Crippen LogP contribution in [-0.4, -0.2) is 19.7 Å². The van der Waals surface area contributed by atoms with Crippen LogP contribution in [0.15, 0.2) is 36.4 Å². The molecule has 0 amide bonds. The van der Waals surface area contributed by atoms with Gasteiger partial charge >= 0.3 is 0 Å². The molecule has 0 saturated carbocycles. The molecule has 4 nitrogen and oxygen atoms in total. The molecular weight excluding hydrogens is 319 g/mol. The van der Waals surface area contributed by atoms with Crippen molar-refractivity contribution in [3.05, 3.63) is 58.9 Å². The minimum atomic E-state index is -0.511. The molecule has 0 unspecified atom stereocenters. The summed E-state index contributed by atoms with van der Waals surface area (Å²) in [4.78, 5) is 0. The number of nitrogens with one attached hydrogen (secondary N) is 1. The Morgan fingerprint density at radius 2 is 1.96 bits per heavy atom. The van der Waals surface area contributed by atoms with E-state index in [1.54, 1.807) is 12.1 Å². The van der Waals surface area contributed by atoms with E-state index < -0.39 is 11.9 Å². The van der Waals surface area contributed by atoms with E-state index in [4.69, 9.17) is 14.7 Å². The first kappa shape index (κ1) is 15.9. The molecule has 5 heteroatoms. The molecule has 0 radical (unpaired) electrons. The molecule has 25 heavy (non-hydrogen) atoms. The van der Waals surface area contributed by atoms with E-state index in [0.717, 1.165) is 31.7 Å². The van der Waals surface area contributed by atoms with E-state index in [9.17, 15) is 4.39 Å². The summed E-state index contributed by atoms with van der Waals surface area (Å²) in [6, 6.07) is 12.3. The average molecular weight is 338 g/mol. The first-order chi connectivity index (χ1) is 12.3. The fourth-order valence-electron chi connectivity index (χ4n) is 3.59. The predicted octanol–water partition coefficient (Wildman–Crippen LogP) is 3.68. The van der Waals surface area contributed by atoms with Crippen molar-refractivity contribution in [2.45, 2.75) is 24.9 Å². The molecule has 2 aliphatic heterocycles. The van der Waals surface area contributed by atoms with Crippen molar-refractivity contribution in [2.24, 2.45) is 0 Å². The topological polar surface area (TPSA) is 54.3 Å². The van der Waals surface area contributed by atoms with Gasteiger partial charge in [-0.05, 0) is 50.0 Å². The number of halogens is 1. The smallest absolute Gasteiger partial charge is 0.164 e. The van der Waals surface area contributed by atoms with Gasteiger partial charge in [-0.3, -0.25) is 0 Å². The zero-order valence-electron chi connectivity index (χ0n) is 13.8. The lowest BCUT2D eigenvalue weighted by Crippen LogP contribution is -2.28. The van der Waals surface area contributed by atoms with Crippen LogP contribution < -0.4 is 14.8 Å². The zero-order valence-corrected chi connectivity index (χ0v) is 13.8. The zero-order chi connectivity index (χ0) is 17.2. The molecule has 2 aromatic carbocycles. The second-order valence-corrected chi connectivity index (χ2v) is 6.46. The van der Waals surface area contributed by atoms with E-state index in [1.165, 1.54) is 11.6 Å². The Labute approximate surface area is 146 Å². The largest absolute Gasteiger partial charge is 0.485 e. The van der Waals surface area contributed by atoms with Crippen molar-refractivity contribution < 1.29 is 13.9 Å². The highest BCUT2D eigenvalue weighted by molar-refractivity contribution is 5.50. The van der Waals surface area contributed by atoms with Crippen molar-refractivity contribution >= 4 is 0 Å². The van der Waals surface area contributed by atoms with Gasteiger partial charge in [-0.2, -0.15) is 5.26 Å². The van der Waals surface area contributed by atoms with E-state index >= 15 is 0 Å². The monoisotopic (exact) mass is 338 g/mol. The van der Waals surface area contributed by atoms with E-state index in [1.807, 2.05) is 18.2 Å². The second-order valence-electron chi connectivity index (χ2n) is 6.46. The maximum absolute atomic E-state index is 14.3. The van der Waals surface area contributed by atoms with E-state index in [2.05, 4.69) is 11.4 Å². The van der Waals surface area contributed by atoms with Crippen molar-refractivity contribution in [3.8, 4) is 17.6 Å². The molecule has 0 aliphatic carbocycles. The first-order valence-corrected chi connectivity index (χ1v) is 8.59. The Bertz CT molecular complexity index is 825. The van der Waals surface area contributed by atoms with Crippen LogP contribution in [0.3, 0.4) is 0 Å². The molecule has 2 aromatic rings. The number of hydrogen-bond donors (Lipinski definition) is 1. The van der Waals surface area contributed by atoms with E-state index in [-0.39, 0.29) is 6.61 Å². The number of fused-ring (bicyclic) bond motifs is 1. The number of para-hydroxylation sites is 1. The lowest BCUT2D eigenvalue weighted by atomic mass is 9.89. The highest BCUT2D eigenvalue weighted by Crippen LogP contribution is 2.43. The summed E-state index contributed by atoms with van der Waals surface area (Å²) < 4.78 is 26.3. The third-order valence-corrected chi connectivity index (χ3v) is 4.91. The highest BCUT2D eigenvalue weighted by Gasteiger charge is 2.29. The molecule has 1 atom stereocenters. The molecule has 1 fully saturated rings. The quantitative estimate of drug-likeness (QED) is 0.908. The van der Waals surface area contributed by atoms with Gasteiger partial charge < -0.3 is 14.8 Å². The molecule has 2 aliphatic rings. The van der Waals surface area contributed by atoms with Gasteiger partial charge in [0.15, 0.2) is 17.6 Å². The van der Waals surface area contributed by atoms with Crippen LogP contribution in [0.25, 0.3) is 0 Å². The molecule has 1 N–H and O–H groups in total. The number of hydrogen-bond acceptors (Lipinski definition) is 4. The van der Waals surface area contributed by atoms with Crippen LogP contribution in [0.4, 0.5) is 4.39 Å². The third kappa shape index (κ3) is 3.06. The standard InChI is InChI=1S/C20H19FN2O2/c21-17-10-13(11-22)4-5-16(17)19-12-24-20-15(2-1-3-18(20)25-19)14-6-8-23-9-7-14/h1-5,10,14,19,23H,6-9,12H2/t19-/m1/s1. The van der Waals surface area contributed by atoms with Crippen LogP contribution in [0.5, 0.6) is 11.5 Å². The van der Waals surface area contributed by atoms with Crippen LogP contribution in [-0.2, 0) is 0 Å². The fourth-order valence-corrected chi connectivity index (χ4v) is 3.59. The minimum Gasteiger partial charge on any atom is -0.485 e. The number of rotatable bonds is 2. The molecule has 1 saturated heterocycles. The SMILES string of the molecule is N#Cc1ccc([C@H]2COc3c(cccc3C3CCNCC3)O2)c(F)c1. The lowest BCUT2D eigenvalue weighted by molar-refractivity contribution is 0.0869. The average Bonchev–Trinajstić information content (AvgIpc) is 2.67. The number of nitriles is 1. The van der Waals surface area contributed by atoms with Crippen LogP contribution >= 0.6 is 0 Å². The van der Waals surface area contributed by atoms with Gasteiger partial charge in [0, 0.05) is 11.1 Å². The van der Waals surface area contributed by atoms with Crippen molar-refractivity contribution in [1.82, 2.24) is 5.32 Å². The van der Waals surface area contributed by atoms with Gasteiger partial charge in [-0.25, -0.2) is 4.39 Å². The summed E-state index contributed by atoms with van der Waals surface area (Å²) in [5, 5.41) is 12.2. The number of piperidine rings is 1. The van der Waals surface area contributed by atoms with Gasteiger partial charge in [-0.1, -0.05) is 18.2 Å². The lowest BCUT2D eigenvalue weighted by Gasteiger charge is -2.31. The second kappa shape index (κ2) is 6.73. The molecule has 2 heterocycles. The molecule has 128 valence electrons. The van der Waals surface area contributed by atoms with Gasteiger partial charge in [0.1, 0.15) is 12.4 Å². The van der Waals surface area contributed by atoms with Crippen molar-refractivity contribution in [2.75, 3.05) is 19.7 Å². The Balaban J connectivity index is 1.61. The Morgan fingerprint density at radius 1 is 1.12 bits per heavy atom. The molecule has 4 rings (SSSR count). The van der Waals surface area contributed by atoms with E-state index in [0.29, 0.717) is 22.8 Å². The Kier molecular flexibility index (Phi) is 4.29. The van der Waals surface area contributed by atoms with Gasteiger partial charge in [0.25, 0.3) is 0 Å². The summed E-state index contributed by atoms with van der Waals surface area (Å²) >= 11 is 0. The Morgan fingerprint density at radius 3 is 2.72 bits per heavy atom. The van der Waals surface area contributed by atoms with Crippen molar-refractivity contribution in [3.63, 3.8) is 0 Å². The Hall–Kier alpha value is -2.58. The maximum atomic E-state index is 14.3. The number of benzene rings is 2. The molecule has 0 bridgehead atoms. The summed E-state index contributed by atoms with van der Waals surface area (Å²) in [6.45, 7) is 2.28. The summed E-state index contributed by atoms with van der Waals surface area (Å²) in [6.07, 6.45) is 1.64. The predicted molar refractivity (Wildman–Crippen MR) is 91.3 cm³/mol. The van der Waals surface area contributed by atoms with Crippen LogP contribution in [0, 0.1) is 17.1 Å². The van der Waals surface area contributed by atoms with Gasteiger partial charge in [-0.15, -0.1) is 0 Å². The molecule has 0 aromatic heterocycles. The van der Waals surface area contributed by atoms with Crippen LogP contribution in [0.2, 0.25) is 0 Å². The highest BCUT2D eigenvalue weighted by atomic mass is 19.1.